The molecule has 0 radical (unpaired) electrons. The Labute approximate surface area is 129 Å². The molecule has 0 aliphatic heterocycles. The van der Waals surface area contributed by atoms with E-state index in [1.165, 1.54) is 18.4 Å². The molecule has 118 valence electrons. The molecular formula is C18H30N2O. The average molecular weight is 290 g/mol. The number of hydrazine groups is 1. The second-order valence-corrected chi connectivity index (χ2v) is 5.89. The lowest BCUT2D eigenvalue weighted by Gasteiger charge is -2.18. The van der Waals surface area contributed by atoms with Crippen LogP contribution in [0.3, 0.4) is 0 Å². The van der Waals surface area contributed by atoms with E-state index < -0.39 is 0 Å². The van der Waals surface area contributed by atoms with Crippen LogP contribution in [0.4, 0.5) is 5.69 Å². The van der Waals surface area contributed by atoms with Gasteiger partial charge in [0.2, 0.25) is 0 Å². The van der Waals surface area contributed by atoms with Crippen molar-refractivity contribution in [2.45, 2.75) is 40.0 Å². The lowest BCUT2D eigenvalue weighted by molar-refractivity contribution is 0.126. The number of hydrogen-bond acceptors (Lipinski definition) is 3. The zero-order valence-corrected chi connectivity index (χ0v) is 13.7. The van der Waals surface area contributed by atoms with Crippen molar-refractivity contribution in [2.75, 3.05) is 24.8 Å². The summed E-state index contributed by atoms with van der Waals surface area (Å²) in [6.07, 6.45) is 5.84. The first kappa shape index (κ1) is 17.7. The maximum atomic E-state index is 5.98. The number of anilines is 1. The predicted octanol–water partition coefficient (Wildman–Crippen LogP) is 4.16. The summed E-state index contributed by atoms with van der Waals surface area (Å²) in [5.41, 5.74) is 2.43. The number of allylic oxidation sites excluding steroid dienone is 2. The molecule has 0 aliphatic rings. The van der Waals surface area contributed by atoms with E-state index in [1.807, 2.05) is 30.3 Å². The highest BCUT2D eigenvalue weighted by atomic mass is 16.5. The van der Waals surface area contributed by atoms with Gasteiger partial charge in [-0.1, -0.05) is 36.8 Å². The predicted molar refractivity (Wildman–Crippen MR) is 91.2 cm³/mol. The van der Waals surface area contributed by atoms with Crippen LogP contribution in [-0.2, 0) is 4.74 Å². The third-order valence-corrected chi connectivity index (χ3v) is 3.53. The van der Waals surface area contributed by atoms with Crippen LogP contribution in [0, 0.1) is 5.92 Å². The molecule has 1 unspecified atom stereocenters. The van der Waals surface area contributed by atoms with Gasteiger partial charge in [0.25, 0.3) is 0 Å². The van der Waals surface area contributed by atoms with Gasteiger partial charge in [0, 0.05) is 6.61 Å². The van der Waals surface area contributed by atoms with Gasteiger partial charge in [-0.25, -0.2) is 5.84 Å². The molecule has 0 aliphatic carbocycles. The van der Waals surface area contributed by atoms with E-state index in [4.69, 9.17) is 10.6 Å². The molecule has 1 rings (SSSR count). The molecule has 0 aromatic heterocycles. The number of benzene rings is 1. The summed E-state index contributed by atoms with van der Waals surface area (Å²) in [6, 6.07) is 9.98. The van der Waals surface area contributed by atoms with Gasteiger partial charge in [0.05, 0.1) is 18.8 Å². The number of hydrogen-bond donors (Lipinski definition) is 1. The summed E-state index contributed by atoms with van der Waals surface area (Å²) in [5.74, 6) is 6.69. The van der Waals surface area contributed by atoms with Gasteiger partial charge >= 0.3 is 0 Å². The van der Waals surface area contributed by atoms with Gasteiger partial charge in [-0.05, 0) is 51.2 Å². The van der Waals surface area contributed by atoms with Crippen LogP contribution in [-0.4, -0.2) is 19.8 Å². The van der Waals surface area contributed by atoms with Crippen LogP contribution in [0.5, 0.6) is 0 Å². The fraction of sp³-hybridized carbons (Fsp3) is 0.556. The van der Waals surface area contributed by atoms with Gasteiger partial charge in [-0.2, -0.15) is 0 Å². The van der Waals surface area contributed by atoms with Crippen LogP contribution in [0.15, 0.2) is 42.0 Å². The largest absolute Gasteiger partial charge is 0.380 e. The summed E-state index contributed by atoms with van der Waals surface area (Å²) in [7, 11) is 0. The van der Waals surface area contributed by atoms with Gasteiger partial charge < -0.3 is 9.75 Å². The number of nitrogens with two attached hydrogens (primary N) is 1. The van der Waals surface area contributed by atoms with E-state index in [2.05, 4.69) is 26.8 Å². The fourth-order valence-electron chi connectivity index (χ4n) is 2.10. The van der Waals surface area contributed by atoms with Crippen molar-refractivity contribution >= 4 is 5.69 Å². The molecule has 1 aromatic carbocycles. The lowest BCUT2D eigenvalue weighted by Crippen LogP contribution is -2.34. The Balaban J connectivity index is 2.05. The van der Waals surface area contributed by atoms with Crippen molar-refractivity contribution in [1.82, 2.24) is 0 Å². The van der Waals surface area contributed by atoms with Gasteiger partial charge in [0.1, 0.15) is 0 Å². The Morgan fingerprint density at radius 2 is 1.90 bits per heavy atom. The quantitative estimate of drug-likeness (QED) is 0.304. The first-order chi connectivity index (χ1) is 10.1. The lowest BCUT2D eigenvalue weighted by atomic mass is 10.0. The third kappa shape index (κ3) is 8.53. The molecule has 3 heteroatoms. The van der Waals surface area contributed by atoms with Crippen molar-refractivity contribution in [3.05, 3.63) is 42.0 Å². The topological polar surface area (TPSA) is 38.5 Å². The van der Waals surface area contributed by atoms with Crippen molar-refractivity contribution < 1.29 is 4.74 Å². The zero-order valence-electron chi connectivity index (χ0n) is 13.7. The molecular weight excluding hydrogens is 260 g/mol. The monoisotopic (exact) mass is 290 g/mol. The molecule has 3 nitrogen and oxygen atoms in total. The Kier molecular flexibility index (Phi) is 8.79. The maximum absolute atomic E-state index is 5.98. The minimum Gasteiger partial charge on any atom is -0.380 e. The highest BCUT2D eigenvalue weighted by Gasteiger charge is 2.03. The summed E-state index contributed by atoms with van der Waals surface area (Å²) in [4.78, 5) is 0. The Bertz CT molecular complexity index is 399. The minimum absolute atomic E-state index is 0.673. The second kappa shape index (κ2) is 10.4. The van der Waals surface area contributed by atoms with Gasteiger partial charge in [-0.3, -0.25) is 0 Å². The highest BCUT2D eigenvalue weighted by molar-refractivity contribution is 5.43. The molecule has 0 saturated carbocycles. The molecule has 0 heterocycles. The summed E-state index contributed by atoms with van der Waals surface area (Å²) < 4.78 is 5.69. The van der Waals surface area contributed by atoms with Crippen LogP contribution in [0.25, 0.3) is 0 Å². The fourth-order valence-corrected chi connectivity index (χ4v) is 2.10. The second-order valence-electron chi connectivity index (χ2n) is 5.89. The van der Waals surface area contributed by atoms with Crippen molar-refractivity contribution in [1.29, 1.82) is 0 Å². The molecule has 2 N–H and O–H groups in total. The van der Waals surface area contributed by atoms with Crippen molar-refractivity contribution in [3.63, 3.8) is 0 Å². The first-order valence-electron chi connectivity index (χ1n) is 7.88. The van der Waals surface area contributed by atoms with E-state index in [0.29, 0.717) is 12.5 Å². The van der Waals surface area contributed by atoms with E-state index >= 15 is 0 Å². The maximum Gasteiger partial charge on any atom is 0.0657 e. The number of rotatable bonds is 10. The standard InChI is InChI=1S/C18H30N2O/c1-16(2)8-7-9-17(3)12-14-21-15-13-20(19)18-10-5-4-6-11-18/h4-6,8,10-11,17H,7,9,12-15,19H2,1-3H3. The molecule has 0 bridgehead atoms. The van der Waals surface area contributed by atoms with Crippen LogP contribution in [0.2, 0.25) is 0 Å². The van der Waals surface area contributed by atoms with Crippen LogP contribution in [0.1, 0.15) is 40.0 Å². The van der Waals surface area contributed by atoms with Crippen molar-refractivity contribution in [2.24, 2.45) is 11.8 Å². The van der Waals surface area contributed by atoms with E-state index in [9.17, 15) is 0 Å². The summed E-state index contributed by atoms with van der Waals surface area (Å²) in [6.45, 7) is 8.81. The summed E-state index contributed by atoms with van der Waals surface area (Å²) >= 11 is 0. The summed E-state index contributed by atoms with van der Waals surface area (Å²) in [5, 5.41) is 1.73. The van der Waals surface area contributed by atoms with Gasteiger partial charge in [-0.15, -0.1) is 0 Å². The normalized spacial score (nSPS) is 12.0. The number of para-hydroxylation sites is 1. The SMILES string of the molecule is CC(C)=CCCC(C)CCOCCN(N)c1ccccc1. The first-order valence-corrected chi connectivity index (χ1v) is 7.88. The molecule has 1 atom stereocenters. The van der Waals surface area contributed by atoms with Gasteiger partial charge in [0.15, 0.2) is 0 Å². The molecule has 1 aromatic rings. The third-order valence-electron chi connectivity index (χ3n) is 3.53. The van der Waals surface area contributed by atoms with E-state index in [-0.39, 0.29) is 0 Å². The number of ether oxygens (including phenoxy) is 1. The molecule has 0 amide bonds. The minimum atomic E-state index is 0.673. The Morgan fingerprint density at radius 1 is 1.19 bits per heavy atom. The van der Waals surface area contributed by atoms with E-state index in [0.717, 1.165) is 25.3 Å². The average Bonchev–Trinajstić information content (AvgIpc) is 2.47. The molecule has 0 spiro atoms. The van der Waals surface area contributed by atoms with E-state index in [1.54, 1.807) is 5.01 Å². The zero-order chi connectivity index (χ0) is 15.5. The molecule has 0 saturated heterocycles. The number of nitrogens with zero attached hydrogens (tertiary/aromatic N) is 1. The molecule has 21 heavy (non-hydrogen) atoms. The highest BCUT2D eigenvalue weighted by Crippen LogP contribution is 2.12. The van der Waals surface area contributed by atoms with Crippen LogP contribution < -0.4 is 10.9 Å². The molecule has 0 fully saturated rings. The smallest absolute Gasteiger partial charge is 0.0657 e. The van der Waals surface area contributed by atoms with Crippen molar-refractivity contribution in [3.8, 4) is 0 Å². The Hall–Kier alpha value is -1.32. The van der Waals surface area contributed by atoms with Crippen LogP contribution >= 0.6 is 0 Å². The Morgan fingerprint density at radius 3 is 2.57 bits per heavy atom.